The van der Waals surface area contributed by atoms with E-state index in [-0.39, 0.29) is 5.91 Å². The summed E-state index contributed by atoms with van der Waals surface area (Å²) in [7, 11) is 0. The molecule has 0 radical (unpaired) electrons. The van der Waals surface area contributed by atoms with Crippen molar-refractivity contribution in [3.8, 4) is 22.5 Å². The second kappa shape index (κ2) is 10.6. The summed E-state index contributed by atoms with van der Waals surface area (Å²) in [5.74, 6) is 1.36. The molecule has 3 aromatic heterocycles. The highest BCUT2D eigenvalue weighted by molar-refractivity contribution is 5.78. The van der Waals surface area contributed by atoms with Crippen LogP contribution in [0.4, 0.5) is 5.82 Å². The lowest BCUT2D eigenvalue weighted by Gasteiger charge is -2.34. The topological polar surface area (TPSA) is 106 Å². The van der Waals surface area contributed by atoms with Crippen LogP contribution in [0.25, 0.3) is 28.2 Å². The summed E-state index contributed by atoms with van der Waals surface area (Å²) in [5, 5.41) is 4.61. The lowest BCUT2D eigenvalue weighted by atomic mass is 10.0. The van der Waals surface area contributed by atoms with E-state index < -0.39 is 0 Å². The molecule has 196 valence electrons. The molecule has 1 aliphatic rings. The van der Waals surface area contributed by atoms with Crippen molar-refractivity contribution in [3.05, 3.63) is 96.1 Å². The van der Waals surface area contributed by atoms with Crippen LogP contribution in [0.1, 0.15) is 23.7 Å². The second-order valence-corrected chi connectivity index (χ2v) is 9.82. The minimum absolute atomic E-state index is 0.118. The summed E-state index contributed by atoms with van der Waals surface area (Å²) in [6, 6.07) is 20.2. The molecule has 0 bridgehead atoms. The van der Waals surface area contributed by atoms with Crippen molar-refractivity contribution in [2.24, 2.45) is 0 Å². The van der Waals surface area contributed by atoms with Crippen LogP contribution in [-0.4, -0.2) is 66.5 Å². The Morgan fingerprint density at radius 2 is 1.54 bits per heavy atom. The normalized spacial score (nSPS) is 14.1. The molecule has 1 saturated heterocycles. The van der Waals surface area contributed by atoms with Gasteiger partial charge in [0.15, 0.2) is 11.5 Å². The highest BCUT2D eigenvalue weighted by atomic mass is 16.2. The maximum Gasteiger partial charge on any atom is 0.219 e. The highest BCUT2D eigenvalue weighted by Crippen LogP contribution is 2.29. The van der Waals surface area contributed by atoms with Gasteiger partial charge < -0.3 is 10.6 Å². The maximum atomic E-state index is 11.8. The van der Waals surface area contributed by atoms with E-state index in [1.807, 2.05) is 65.8 Å². The number of piperazine rings is 1. The highest BCUT2D eigenvalue weighted by Gasteiger charge is 2.23. The van der Waals surface area contributed by atoms with Gasteiger partial charge >= 0.3 is 0 Å². The standard InChI is InChI=1S/C30H30N8O/c1-21(39)37-14-12-36(13-15-37)20-27-25(16-22-8-4-2-5-9-22)28(31)38-30(35-27)26(19-34-38)24-17-32-29(33-18-24)23-10-6-3-7-11-23/h2-11,17-19H,12-16,20,31H2,1H3. The first-order chi connectivity index (χ1) is 19.1. The molecule has 0 aliphatic carbocycles. The van der Waals surface area contributed by atoms with E-state index in [1.165, 1.54) is 0 Å². The van der Waals surface area contributed by atoms with Crippen molar-refractivity contribution in [3.63, 3.8) is 0 Å². The van der Waals surface area contributed by atoms with Gasteiger partial charge in [0.2, 0.25) is 5.91 Å². The molecule has 0 atom stereocenters. The molecule has 39 heavy (non-hydrogen) atoms. The molecule has 2 aromatic carbocycles. The van der Waals surface area contributed by atoms with Gasteiger partial charge in [0.05, 0.1) is 11.9 Å². The summed E-state index contributed by atoms with van der Waals surface area (Å²) in [6.45, 7) is 5.27. The molecular weight excluding hydrogens is 488 g/mol. The van der Waals surface area contributed by atoms with Gasteiger partial charge in [-0.05, 0) is 5.56 Å². The predicted molar refractivity (Wildman–Crippen MR) is 151 cm³/mol. The quantitative estimate of drug-likeness (QED) is 0.365. The van der Waals surface area contributed by atoms with Crippen LogP contribution in [0, 0.1) is 0 Å². The number of nitrogen functional groups attached to an aromatic ring is 1. The van der Waals surface area contributed by atoms with Crippen LogP contribution in [0.15, 0.2) is 79.3 Å². The van der Waals surface area contributed by atoms with Crippen LogP contribution < -0.4 is 5.73 Å². The second-order valence-electron chi connectivity index (χ2n) is 9.82. The van der Waals surface area contributed by atoms with E-state index in [4.69, 9.17) is 10.7 Å². The Labute approximate surface area is 227 Å². The van der Waals surface area contributed by atoms with Gasteiger partial charge in [-0.2, -0.15) is 9.61 Å². The molecule has 9 nitrogen and oxygen atoms in total. The number of amides is 1. The number of hydrogen-bond donors (Lipinski definition) is 1. The number of nitrogens with two attached hydrogens (primary N) is 1. The number of benzene rings is 2. The zero-order valence-corrected chi connectivity index (χ0v) is 21.9. The number of nitrogens with zero attached hydrogens (tertiary/aromatic N) is 7. The fourth-order valence-electron chi connectivity index (χ4n) is 5.06. The molecule has 5 aromatic rings. The lowest BCUT2D eigenvalue weighted by Crippen LogP contribution is -2.47. The van der Waals surface area contributed by atoms with Crippen LogP contribution in [0.3, 0.4) is 0 Å². The van der Waals surface area contributed by atoms with Crippen molar-refractivity contribution >= 4 is 17.4 Å². The molecule has 6 rings (SSSR count). The smallest absolute Gasteiger partial charge is 0.219 e. The number of anilines is 1. The van der Waals surface area contributed by atoms with Crippen LogP contribution in [0.5, 0.6) is 0 Å². The van der Waals surface area contributed by atoms with E-state index in [2.05, 4.69) is 32.1 Å². The summed E-state index contributed by atoms with van der Waals surface area (Å²) in [4.78, 5) is 30.4. The average molecular weight is 519 g/mol. The average Bonchev–Trinajstić information content (AvgIpc) is 3.40. The lowest BCUT2D eigenvalue weighted by molar-refractivity contribution is -0.130. The van der Waals surface area contributed by atoms with E-state index in [9.17, 15) is 4.79 Å². The first-order valence-electron chi connectivity index (χ1n) is 13.1. The van der Waals surface area contributed by atoms with Gasteiger partial charge in [0, 0.05) is 80.7 Å². The summed E-state index contributed by atoms with van der Waals surface area (Å²) < 4.78 is 1.72. The molecule has 0 spiro atoms. The Hall–Kier alpha value is -4.63. The fraction of sp³-hybridized carbons (Fsp3) is 0.233. The Kier molecular flexibility index (Phi) is 6.73. The maximum absolute atomic E-state index is 11.8. The number of carbonyl (C=O) groups excluding carboxylic acids is 1. The summed E-state index contributed by atoms with van der Waals surface area (Å²) in [5.41, 5.74) is 13.1. The van der Waals surface area contributed by atoms with Crippen molar-refractivity contribution in [1.82, 2.24) is 34.4 Å². The minimum Gasteiger partial charge on any atom is -0.383 e. The van der Waals surface area contributed by atoms with Gasteiger partial charge in [0.25, 0.3) is 0 Å². The Morgan fingerprint density at radius 1 is 0.872 bits per heavy atom. The van der Waals surface area contributed by atoms with Crippen LogP contribution in [0.2, 0.25) is 0 Å². The largest absolute Gasteiger partial charge is 0.383 e. The van der Waals surface area contributed by atoms with Crippen molar-refractivity contribution in [1.29, 1.82) is 0 Å². The molecule has 1 fully saturated rings. The molecule has 0 unspecified atom stereocenters. The molecule has 2 N–H and O–H groups in total. The summed E-state index contributed by atoms with van der Waals surface area (Å²) >= 11 is 0. The third-order valence-corrected chi connectivity index (χ3v) is 7.28. The first-order valence-corrected chi connectivity index (χ1v) is 13.1. The van der Waals surface area contributed by atoms with E-state index in [0.29, 0.717) is 43.3 Å². The monoisotopic (exact) mass is 518 g/mol. The summed E-state index contributed by atoms with van der Waals surface area (Å²) in [6.07, 6.45) is 6.05. The van der Waals surface area contributed by atoms with E-state index in [0.717, 1.165) is 46.6 Å². The van der Waals surface area contributed by atoms with Gasteiger partial charge in [-0.3, -0.25) is 9.69 Å². The van der Waals surface area contributed by atoms with E-state index >= 15 is 0 Å². The zero-order chi connectivity index (χ0) is 26.8. The van der Waals surface area contributed by atoms with Crippen LogP contribution in [-0.2, 0) is 17.8 Å². The predicted octanol–water partition coefficient (Wildman–Crippen LogP) is 3.69. The van der Waals surface area contributed by atoms with Crippen molar-refractivity contribution in [2.45, 2.75) is 19.9 Å². The van der Waals surface area contributed by atoms with E-state index in [1.54, 1.807) is 17.6 Å². The van der Waals surface area contributed by atoms with Gasteiger partial charge in [-0.25, -0.2) is 15.0 Å². The molecule has 9 heteroatoms. The molecule has 1 amide bonds. The Balaban J connectivity index is 1.37. The van der Waals surface area contributed by atoms with Crippen molar-refractivity contribution < 1.29 is 4.79 Å². The van der Waals surface area contributed by atoms with Gasteiger partial charge in [-0.15, -0.1) is 0 Å². The Morgan fingerprint density at radius 3 is 2.21 bits per heavy atom. The molecular formula is C30H30N8O. The number of aromatic nitrogens is 5. The number of carbonyl (C=O) groups is 1. The van der Waals surface area contributed by atoms with Gasteiger partial charge in [-0.1, -0.05) is 60.7 Å². The number of hydrogen-bond acceptors (Lipinski definition) is 7. The third kappa shape index (κ3) is 5.08. The SMILES string of the molecule is CC(=O)N1CCN(Cc2nc3c(-c4cnc(-c5ccccc5)nc4)cnn3c(N)c2Cc2ccccc2)CC1. The van der Waals surface area contributed by atoms with Crippen molar-refractivity contribution in [2.75, 3.05) is 31.9 Å². The van der Waals surface area contributed by atoms with Gasteiger partial charge in [0.1, 0.15) is 5.82 Å². The van der Waals surface area contributed by atoms with Crippen LogP contribution >= 0.6 is 0 Å². The number of fused-ring (bicyclic) bond motifs is 1. The molecule has 4 heterocycles. The molecule has 0 saturated carbocycles. The minimum atomic E-state index is 0.118. The molecule has 1 aliphatic heterocycles. The first kappa shape index (κ1) is 24.7. The number of rotatable bonds is 6. The third-order valence-electron chi connectivity index (χ3n) is 7.28. The Bertz CT molecular complexity index is 1590. The fourth-order valence-corrected chi connectivity index (χ4v) is 5.06. The zero-order valence-electron chi connectivity index (χ0n) is 21.9.